The summed E-state index contributed by atoms with van der Waals surface area (Å²) in [5.41, 5.74) is 0. The fourth-order valence-electron chi connectivity index (χ4n) is 2.81. The predicted octanol–water partition coefficient (Wildman–Crippen LogP) is 2.72. The monoisotopic (exact) mass is 262 g/mol. The van der Waals surface area contributed by atoms with Gasteiger partial charge < -0.3 is 14.0 Å². The molecule has 1 saturated heterocycles. The molecular weight excluding hydrogens is 239 g/mol. The molecule has 0 spiro atoms. The average molecular weight is 262 g/mol. The molecule has 0 aromatic carbocycles. The number of hydrogen-bond acceptors (Lipinski definition) is 4. The van der Waals surface area contributed by atoms with Crippen molar-refractivity contribution in [3.05, 3.63) is 0 Å². The summed E-state index contributed by atoms with van der Waals surface area (Å²) >= 11 is 0. The van der Waals surface area contributed by atoms with Gasteiger partial charge in [-0.1, -0.05) is 6.92 Å². The summed E-state index contributed by atoms with van der Waals surface area (Å²) in [7, 11) is -2.40. The van der Waals surface area contributed by atoms with Gasteiger partial charge in [-0.25, -0.2) is 0 Å². The summed E-state index contributed by atoms with van der Waals surface area (Å²) in [6.07, 6.45) is 1.27. The van der Waals surface area contributed by atoms with Gasteiger partial charge >= 0.3 is 0 Å². The summed E-state index contributed by atoms with van der Waals surface area (Å²) in [5.74, 6) is 0.276. The molecule has 0 radical (unpaired) electrons. The van der Waals surface area contributed by atoms with Gasteiger partial charge in [-0.05, 0) is 26.2 Å². The Bertz CT molecular complexity index is 335. The smallest absolute Gasteiger partial charge is 0.197 e. The molecule has 0 amide bonds. The van der Waals surface area contributed by atoms with E-state index in [1.54, 1.807) is 13.3 Å². The van der Waals surface area contributed by atoms with Crippen LogP contribution in [0.4, 0.5) is 0 Å². The SMILES string of the molecule is C[C@@H]1C[C@H](COP(C)(C)=O)C2OC(C)(C)OC21. The molecule has 1 aliphatic carbocycles. The molecule has 0 bridgehead atoms. The third-order valence-electron chi connectivity index (χ3n) is 3.46. The Morgan fingerprint density at radius 1 is 1.29 bits per heavy atom. The number of hydrogen-bond donors (Lipinski definition) is 0. The molecule has 0 aromatic heterocycles. The van der Waals surface area contributed by atoms with Gasteiger partial charge in [0.25, 0.3) is 0 Å². The van der Waals surface area contributed by atoms with Crippen LogP contribution in [0.3, 0.4) is 0 Å². The Morgan fingerprint density at radius 2 is 1.88 bits per heavy atom. The van der Waals surface area contributed by atoms with Crippen LogP contribution >= 0.6 is 7.37 Å². The number of ether oxygens (including phenoxy) is 2. The van der Waals surface area contributed by atoms with Gasteiger partial charge in [-0.3, -0.25) is 4.57 Å². The zero-order valence-electron chi connectivity index (χ0n) is 11.3. The summed E-state index contributed by atoms with van der Waals surface area (Å²) in [5, 5.41) is 0. The topological polar surface area (TPSA) is 44.8 Å². The molecule has 0 aromatic rings. The number of fused-ring (bicyclic) bond motifs is 1. The van der Waals surface area contributed by atoms with Crippen LogP contribution in [0.2, 0.25) is 0 Å². The van der Waals surface area contributed by atoms with E-state index in [0.717, 1.165) is 6.42 Å². The van der Waals surface area contributed by atoms with E-state index >= 15 is 0 Å². The Balaban J connectivity index is 1.99. The predicted molar refractivity (Wildman–Crippen MR) is 66.5 cm³/mol. The van der Waals surface area contributed by atoms with Crippen molar-refractivity contribution >= 4 is 7.37 Å². The lowest BCUT2D eigenvalue weighted by Gasteiger charge is -2.23. The van der Waals surface area contributed by atoms with E-state index < -0.39 is 13.2 Å². The molecule has 4 atom stereocenters. The minimum absolute atomic E-state index is 0.0894. The highest BCUT2D eigenvalue weighted by Crippen LogP contribution is 2.46. The van der Waals surface area contributed by atoms with Crippen molar-refractivity contribution < 1.29 is 18.6 Å². The minimum Gasteiger partial charge on any atom is -0.344 e. The normalized spacial score (nSPS) is 40.5. The van der Waals surface area contributed by atoms with Crippen LogP contribution < -0.4 is 0 Å². The molecule has 2 fully saturated rings. The van der Waals surface area contributed by atoms with Crippen molar-refractivity contribution in [1.29, 1.82) is 0 Å². The zero-order chi connectivity index (χ0) is 12.8. The fraction of sp³-hybridized carbons (Fsp3) is 1.00. The highest BCUT2D eigenvalue weighted by molar-refractivity contribution is 7.57. The summed E-state index contributed by atoms with van der Waals surface area (Å²) in [6, 6.07) is 0. The van der Waals surface area contributed by atoms with E-state index in [4.69, 9.17) is 14.0 Å². The Kier molecular flexibility index (Phi) is 3.46. The molecule has 2 aliphatic rings. The molecule has 4 nitrogen and oxygen atoms in total. The van der Waals surface area contributed by atoms with E-state index in [2.05, 4.69) is 6.92 Å². The van der Waals surface area contributed by atoms with Crippen molar-refractivity contribution in [3.8, 4) is 0 Å². The first-order valence-electron chi connectivity index (χ1n) is 6.23. The third kappa shape index (κ3) is 3.11. The molecular formula is C12H23O4P. The van der Waals surface area contributed by atoms with E-state index in [1.165, 1.54) is 0 Å². The third-order valence-corrected chi connectivity index (χ3v) is 4.23. The Labute approximate surface area is 103 Å². The highest BCUT2D eigenvalue weighted by atomic mass is 31.2. The maximum atomic E-state index is 11.6. The lowest BCUT2D eigenvalue weighted by molar-refractivity contribution is -0.161. The van der Waals surface area contributed by atoms with Crippen LogP contribution in [-0.4, -0.2) is 37.9 Å². The molecule has 100 valence electrons. The second-order valence-corrected chi connectivity index (χ2v) is 8.85. The van der Waals surface area contributed by atoms with Crippen molar-refractivity contribution in [2.75, 3.05) is 19.9 Å². The minimum atomic E-state index is -2.40. The molecule has 5 heteroatoms. The maximum Gasteiger partial charge on any atom is 0.197 e. The lowest BCUT2D eigenvalue weighted by Crippen LogP contribution is -2.27. The van der Waals surface area contributed by atoms with Crippen LogP contribution in [0, 0.1) is 11.8 Å². The van der Waals surface area contributed by atoms with Crippen molar-refractivity contribution in [1.82, 2.24) is 0 Å². The zero-order valence-corrected chi connectivity index (χ0v) is 12.2. The summed E-state index contributed by atoms with van der Waals surface area (Å²) in [4.78, 5) is 0. The molecule has 2 unspecified atom stereocenters. The van der Waals surface area contributed by atoms with E-state index in [-0.39, 0.29) is 12.2 Å². The summed E-state index contributed by atoms with van der Waals surface area (Å²) < 4.78 is 28.9. The fourth-order valence-corrected chi connectivity index (χ4v) is 3.36. The van der Waals surface area contributed by atoms with Gasteiger partial charge in [0.15, 0.2) is 13.2 Å². The van der Waals surface area contributed by atoms with Gasteiger partial charge in [-0.15, -0.1) is 0 Å². The molecule has 17 heavy (non-hydrogen) atoms. The second-order valence-electron chi connectivity index (χ2n) is 6.09. The van der Waals surface area contributed by atoms with E-state index in [1.807, 2.05) is 13.8 Å². The van der Waals surface area contributed by atoms with Gasteiger partial charge in [0, 0.05) is 19.2 Å². The maximum absolute atomic E-state index is 11.6. The van der Waals surface area contributed by atoms with E-state index in [9.17, 15) is 4.57 Å². The molecule has 2 rings (SSSR count). The molecule has 1 saturated carbocycles. The first kappa shape index (κ1) is 13.5. The highest BCUT2D eigenvalue weighted by Gasteiger charge is 2.52. The van der Waals surface area contributed by atoms with E-state index in [0.29, 0.717) is 18.4 Å². The van der Waals surface area contributed by atoms with Gasteiger partial charge in [0.2, 0.25) is 0 Å². The van der Waals surface area contributed by atoms with Crippen molar-refractivity contribution in [2.45, 2.75) is 45.2 Å². The van der Waals surface area contributed by atoms with Crippen LogP contribution in [0.1, 0.15) is 27.2 Å². The molecule has 1 heterocycles. The standard InChI is InChI=1S/C12H23O4P/c1-8-6-9(7-14-17(4,5)13)11-10(8)15-12(2,3)16-11/h8-11H,6-7H2,1-5H3/t8-,9-,10?,11?/m1/s1. The largest absolute Gasteiger partial charge is 0.344 e. The van der Waals surface area contributed by atoms with Crippen molar-refractivity contribution in [3.63, 3.8) is 0 Å². The van der Waals surface area contributed by atoms with Crippen LogP contribution in [0.15, 0.2) is 0 Å². The second kappa shape index (κ2) is 4.34. The molecule has 0 N–H and O–H groups in total. The van der Waals surface area contributed by atoms with Crippen LogP contribution in [0.5, 0.6) is 0 Å². The van der Waals surface area contributed by atoms with Gasteiger partial charge in [0.05, 0.1) is 18.8 Å². The van der Waals surface area contributed by atoms with Gasteiger partial charge in [0.1, 0.15) is 0 Å². The Morgan fingerprint density at radius 3 is 2.47 bits per heavy atom. The lowest BCUT2D eigenvalue weighted by atomic mass is 10.1. The van der Waals surface area contributed by atoms with Crippen LogP contribution in [-0.2, 0) is 18.6 Å². The number of rotatable bonds is 3. The van der Waals surface area contributed by atoms with Gasteiger partial charge in [-0.2, -0.15) is 0 Å². The Hall–Kier alpha value is 0.110. The quantitative estimate of drug-likeness (QED) is 0.734. The average Bonchev–Trinajstić information content (AvgIpc) is 2.58. The van der Waals surface area contributed by atoms with Crippen molar-refractivity contribution in [2.24, 2.45) is 11.8 Å². The van der Waals surface area contributed by atoms with Crippen LogP contribution in [0.25, 0.3) is 0 Å². The summed E-state index contributed by atoms with van der Waals surface area (Å²) in [6.45, 7) is 9.88. The first-order valence-corrected chi connectivity index (χ1v) is 8.75. The first-order chi connectivity index (χ1) is 7.68. The molecule has 1 aliphatic heterocycles.